The van der Waals surface area contributed by atoms with Gasteiger partial charge < -0.3 is 5.32 Å². The van der Waals surface area contributed by atoms with Crippen molar-refractivity contribution in [3.63, 3.8) is 0 Å². The third-order valence-electron chi connectivity index (χ3n) is 3.05. The Balaban J connectivity index is 1.91. The van der Waals surface area contributed by atoms with Crippen LogP contribution < -0.4 is 5.32 Å². The Kier molecular flexibility index (Phi) is 3.43. The quantitative estimate of drug-likeness (QED) is 0.723. The van der Waals surface area contributed by atoms with E-state index in [0.29, 0.717) is 5.56 Å². The minimum Gasteiger partial charge on any atom is -0.322 e. The number of hydrogen-bond donors (Lipinski definition) is 2. The van der Waals surface area contributed by atoms with Crippen LogP contribution in [0.15, 0.2) is 53.6 Å². The molecule has 2 N–H and O–H groups in total. The highest BCUT2D eigenvalue weighted by atomic mass is 32.2. The molecule has 0 spiro atoms. The van der Waals surface area contributed by atoms with Crippen molar-refractivity contribution in [3.05, 3.63) is 54.2 Å². The van der Waals surface area contributed by atoms with E-state index in [1.54, 1.807) is 24.0 Å². The number of rotatable bonds is 3. The molecule has 100 valence electrons. The van der Waals surface area contributed by atoms with Crippen LogP contribution in [-0.2, 0) is 0 Å². The molecule has 20 heavy (non-hydrogen) atoms. The summed E-state index contributed by atoms with van der Waals surface area (Å²) >= 11 is 1.64. The fourth-order valence-corrected chi connectivity index (χ4v) is 2.52. The van der Waals surface area contributed by atoms with E-state index >= 15 is 0 Å². The molecular formula is C15H13N3OS. The van der Waals surface area contributed by atoms with Crippen LogP contribution in [0.5, 0.6) is 0 Å². The lowest BCUT2D eigenvalue weighted by Crippen LogP contribution is -2.12. The number of fused-ring (bicyclic) bond motifs is 1. The van der Waals surface area contributed by atoms with Crippen LogP contribution in [0.4, 0.5) is 5.69 Å². The average Bonchev–Trinajstić information content (AvgIpc) is 2.95. The predicted octanol–water partition coefficient (Wildman–Crippen LogP) is 3.54. The van der Waals surface area contributed by atoms with Crippen LogP contribution in [0.25, 0.3) is 10.9 Å². The van der Waals surface area contributed by atoms with Crippen LogP contribution in [0.2, 0.25) is 0 Å². The number of nitrogens with one attached hydrogen (secondary N) is 2. The number of H-pyrrole nitrogens is 1. The number of anilines is 1. The molecule has 1 aromatic heterocycles. The van der Waals surface area contributed by atoms with E-state index < -0.39 is 0 Å². The number of benzene rings is 2. The number of hydrogen-bond acceptors (Lipinski definition) is 3. The molecule has 0 radical (unpaired) electrons. The van der Waals surface area contributed by atoms with Gasteiger partial charge in [-0.3, -0.25) is 9.89 Å². The molecule has 0 fully saturated rings. The highest BCUT2D eigenvalue weighted by molar-refractivity contribution is 7.98. The van der Waals surface area contributed by atoms with E-state index in [1.165, 1.54) is 0 Å². The first kappa shape index (κ1) is 12.7. The van der Waals surface area contributed by atoms with Gasteiger partial charge in [0.05, 0.1) is 17.3 Å². The Morgan fingerprint density at radius 1 is 1.25 bits per heavy atom. The molecule has 2 aromatic carbocycles. The lowest BCUT2D eigenvalue weighted by molar-refractivity contribution is 0.102. The Bertz CT molecular complexity index is 766. The summed E-state index contributed by atoms with van der Waals surface area (Å²) in [6, 6.07) is 13.3. The minimum absolute atomic E-state index is 0.141. The number of carbonyl (C=O) groups is 1. The molecule has 3 rings (SSSR count). The number of para-hydroxylation sites is 1. The lowest BCUT2D eigenvalue weighted by atomic mass is 10.1. The van der Waals surface area contributed by atoms with Gasteiger partial charge in [0.25, 0.3) is 5.91 Å². The van der Waals surface area contributed by atoms with Gasteiger partial charge in [-0.15, -0.1) is 11.8 Å². The zero-order valence-electron chi connectivity index (χ0n) is 10.9. The third-order valence-corrected chi connectivity index (χ3v) is 3.77. The van der Waals surface area contributed by atoms with Gasteiger partial charge in [-0.2, -0.15) is 5.10 Å². The number of aromatic nitrogens is 2. The Morgan fingerprint density at radius 2 is 2.10 bits per heavy atom. The molecule has 4 nitrogen and oxygen atoms in total. The molecule has 1 heterocycles. The number of aromatic amines is 1. The molecule has 3 aromatic rings. The number of amides is 1. The summed E-state index contributed by atoms with van der Waals surface area (Å²) in [5.41, 5.74) is 2.14. The van der Waals surface area contributed by atoms with Gasteiger partial charge in [0.2, 0.25) is 0 Å². The SMILES string of the molecule is CSc1cccc(NC(=O)c2cccc3cn[nH]c23)c1. The first-order valence-electron chi connectivity index (χ1n) is 6.15. The number of carbonyl (C=O) groups excluding carboxylic acids is 1. The van der Waals surface area contributed by atoms with Crippen LogP contribution in [0.3, 0.4) is 0 Å². The fourth-order valence-electron chi connectivity index (χ4n) is 2.06. The number of thioether (sulfide) groups is 1. The monoisotopic (exact) mass is 283 g/mol. The lowest BCUT2D eigenvalue weighted by Gasteiger charge is -2.07. The van der Waals surface area contributed by atoms with E-state index in [9.17, 15) is 4.79 Å². The van der Waals surface area contributed by atoms with E-state index in [2.05, 4.69) is 15.5 Å². The Morgan fingerprint density at radius 3 is 2.95 bits per heavy atom. The van der Waals surface area contributed by atoms with Gasteiger partial charge in [-0.25, -0.2) is 0 Å². The molecule has 0 unspecified atom stereocenters. The molecule has 0 aliphatic rings. The standard InChI is InChI=1S/C15H13N3OS/c1-20-12-6-3-5-11(8-12)17-15(19)13-7-2-4-10-9-16-18-14(10)13/h2-9H,1H3,(H,16,18)(H,17,19). The largest absolute Gasteiger partial charge is 0.322 e. The maximum atomic E-state index is 12.4. The number of nitrogens with zero attached hydrogens (tertiary/aromatic N) is 1. The molecule has 0 aliphatic heterocycles. The summed E-state index contributed by atoms with van der Waals surface area (Å²) in [5, 5.41) is 10.7. The van der Waals surface area contributed by atoms with Gasteiger partial charge in [0.15, 0.2) is 0 Å². The van der Waals surface area contributed by atoms with Crippen LogP contribution in [-0.4, -0.2) is 22.4 Å². The zero-order chi connectivity index (χ0) is 13.9. The maximum Gasteiger partial charge on any atom is 0.257 e. The van der Waals surface area contributed by atoms with Gasteiger partial charge in [0, 0.05) is 16.0 Å². The van der Waals surface area contributed by atoms with Crippen molar-refractivity contribution in [2.45, 2.75) is 4.90 Å². The van der Waals surface area contributed by atoms with Crippen molar-refractivity contribution in [3.8, 4) is 0 Å². The van der Waals surface area contributed by atoms with Gasteiger partial charge in [-0.1, -0.05) is 18.2 Å². The van der Waals surface area contributed by atoms with E-state index in [-0.39, 0.29) is 5.91 Å². The molecule has 5 heteroatoms. The predicted molar refractivity (Wildman–Crippen MR) is 82.3 cm³/mol. The smallest absolute Gasteiger partial charge is 0.257 e. The Hall–Kier alpha value is -2.27. The van der Waals surface area contributed by atoms with Crippen molar-refractivity contribution in [1.82, 2.24) is 10.2 Å². The summed E-state index contributed by atoms with van der Waals surface area (Å²) in [4.78, 5) is 13.5. The van der Waals surface area contributed by atoms with Crippen LogP contribution in [0.1, 0.15) is 10.4 Å². The maximum absolute atomic E-state index is 12.4. The van der Waals surface area contributed by atoms with E-state index in [1.807, 2.05) is 42.7 Å². The molecule has 0 saturated carbocycles. The van der Waals surface area contributed by atoms with Crippen LogP contribution >= 0.6 is 11.8 Å². The van der Waals surface area contributed by atoms with E-state index in [4.69, 9.17) is 0 Å². The first-order valence-corrected chi connectivity index (χ1v) is 7.38. The molecule has 0 aliphatic carbocycles. The Labute approximate surface area is 120 Å². The van der Waals surface area contributed by atoms with E-state index in [0.717, 1.165) is 21.5 Å². The summed E-state index contributed by atoms with van der Waals surface area (Å²) in [7, 11) is 0. The highest BCUT2D eigenvalue weighted by Crippen LogP contribution is 2.21. The summed E-state index contributed by atoms with van der Waals surface area (Å²) < 4.78 is 0. The second kappa shape index (κ2) is 5.38. The van der Waals surface area contributed by atoms with Crippen LogP contribution in [0, 0.1) is 0 Å². The molecule has 0 bridgehead atoms. The van der Waals surface area contributed by atoms with Crippen molar-refractivity contribution < 1.29 is 4.79 Å². The van der Waals surface area contributed by atoms with Crippen molar-refractivity contribution in [2.75, 3.05) is 11.6 Å². The first-order chi connectivity index (χ1) is 9.78. The third kappa shape index (κ3) is 2.40. The second-order valence-electron chi connectivity index (χ2n) is 4.33. The second-order valence-corrected chi connectivity index (χ2v) is 5.21. The fraction of sp³-hybridized carbons (Fsp3) is 0.0667. The topological polar surface area (TPSA) is 57.8 Å². The summed E-state index contributed by atoms with van der Waals surface area (Å²) in [5.74, 6) is -0.141. The zero-order valence-corrected chi connectivity index (χ0v) is 11.7. The molecular weight excluding hydrogens is 270 g/mol. The van der Waals surface area contributed by atoms with Gasteiger partial charge in [0.1, 0.15) is 0 Å². The molecule has 0 atom stereocenters. The van der Waals surface area contributed by atoms with Crippen molar-refractivity contribution >= 4 is 34.3 Å². The van der Waals surface area contributed by atoms with Gasteiger partial charge >= 0.3 is 0 Å². The average molecular weight is 283 g/mol. The summed E-state index contributed by atoms with van der Waals surface area (Å²) in [6.07, 6.45) is 3.72. The summed E-state index contributed by atoms with van der Waals surface area (Å²) in [6.45, 7) is 0. The minimum atomic E-state index is -0.141. The molecule has 0 saturated heterocycles. The highest BCUT2D eigenvalue weighted by Gasteiger charge is 2.11. The van der Waals surface area contributed by atoms with Crippen molar-refractivity contribution in [2.24, 2.45) is 0 Å². The molecule has 1 amide bonds. The normalized spacial score (nSPS) is 10.7. The van der Waals surface area contributed by atoms with Crippen molar-refractivity contribution in [1.29, 1.82) is 0 Å². The van der Waals surface area contributed by atoms with Gasteiger partial charge in [-0.05, 0) is 30.5 Å².